The molecule has 1 saturated heterocycles. The summed E-state index contributed by atoms with van der Waals surface area (Å²) in [6, 6.07) is 2.20. The van der Waals surface area contributed by atoms with Crippen LogP contribution in [0.15, 0.2) is 36.8 Å². The second-order valence-corrected chi connectivity index (χ2v) is 5.90. The first-order chi connectivity index (χ1) is 11.4. The smallest absolute Gasteiger partial charge is 0.225 e. The Morgan fingerprint density at radius 2 is 2.13 bits per heavy atom. The predicted molar refractivity (Wildman–Crippen MR) is 90.3 cm³/mol. The maximum atomic E-state index is 4.36. The summed E-state index contributed by atoms with van der Waals surface area (Å²) in [6.45, 7) is 4.05. The lowest BCUT2D eigenvalue weighted by atomic mass is 10.1. The van der Waals surface area contributed by atoms with Crippen molar-refractivity contribution in [1.82, 2.24) is 25.0 Å². The number of piperidine rings is 1. The monoisotopic (exact) mass is 312 g/mol. The number of allylic oxidation sites excluding steroid dienone is 2. The highest BCUT2D eigenvalue weighted by Gasteiger charge is 2.23. The number of nitrogens with zero attached hydrogens (tertiary/aromatic N) is 6. The van der Waals surface area contributed by atoms with Crippen LogP contribution < -0.4 is 4.90 Å². The van der Waals surface area contributed by atoms with E-state index in [1.165, 1.54) is 0 Å². The molecule has 1 aliphatic rings. The first-order valence-electron chi connectivity index (χ1n) is 8.44. The molecule has 0 aromatic carbocycles. The summed E-state index contributed by atoms with van der Waals surface area (Å²) in [6.07, 6.45) is 15.4. The number of anilines is 1. The molecule has 2 aromatic heterocycles. The fourth-order valence-corrected chi connectivity index (χ4v) is 2.93. The lowest BCUT2D eigenvalue weighted by Gasteiger charge is -2.32. The van der Waals surface area contributed by atoms with Gasteiger partial charge in [0.15, 0.2) is 0 Å². The van der Waals surface area contributed by atoms with Gasteiger partial charge >= 0.3 is 0 Å². The van der Waals surface area contributed by atoms with Crippen LogP contribution in [0.5, 0.6) is 0 Å². The minimum Gasteiger partial charge on any atom is -0.339 e. The molecule has 0 amide bonds. The number of rotatable bonds is 6. The predicted octanol–water partition coefficient (Wildman–Crippen LogP) is 2.81. The van der Waals surface area contributed by atoms with E-state index >= 15 is 0 Å². The SMILES string of the molecule is CC/C=C\CCc1cn(C2CCCN(c3ncccn3)C2)nn1. The molecular formula is C17H24N6. The van der Waals surface area contributed by atoms with E-state index in [9.17, 15) is 0 Å². The molecule has 0 N–H and O–H groups in total. The number of aryl methyl sites for hydroxylation is 1. The molecule has 0 aliphatic carbocycles. The van der Waals surface area contributed by atoms with Gasteiger partial charge in [0.25, 0.3) is 0 Å². The van der Waals surface area contributed by atoms with Crippen LogP contribution in [0.1, 0.15) is 44.3 Å². The summed E-state index contributed by atoms with van der Waals surface area (Å²) < 4.78 is 2.02. The molecular weight excluding hydrogens is 288 g/mol. The molecule has 0 bridgehead atoms. The van der Waals surface area contributed by atoms with Gasteiger partial charge in [0.05, 0.1) is 11.7 Å². The van der Waals surface area contributed by atoms with E-state index < -0.39 is 0 Å². The second kappa shape index (κ2) is 7.85. The lowest BCUT2D eigenvalue weighted by Crippen LogP contribution is -2.37. The molecule has 1 unspecified atom stereocenters. The third-order valence-corrected chi connectivity index (χ3v) is 4.13. The summed E-state index contributed by atoms with van der Waals surface area (Å²) in [5.41, 5.74) is 1.07. The third-order valence-electron chi connectivity index (χ3n) is 4.13. The zero-order valence-electron chi connectivity index (χ0n) is 13.7. The van der Waals surface area contributed by atoms with Crippen molar-refractivity contribution in [2.24, 2.45) is 0 Å². The standard InChI is InChI=1S/C17H24N6/c1-2-3-4-5-8-15-13-23(21-20-15)16-9-6-12-22(14-16)17-18-10-7-11-19-17/h3-4,7,10-11,13,16H,2,5-6,8-9,12,14H2,1H3/b4-3-. The molecule has 1 fully saturated rings. The molecule has 0 spiro atoms. The summed E-state index contributed by atoms with van der Waals surface area (Å²) >= 11 is 0. The van der Waals surface area contributed by atoms with Gasteiger partial charge in [-0.2, -0.15) is 0 Å². The maximum Gasteiger partial charge on any atom is 0.225 e. The Kier molecular flexibility index (Phi) is 5.34. The molecule has 2 aromatic rings. The highest BCUT2D eigenvalue weighted by Crippen LogP contribution is 2.23. The fraction of sp³-hybridized carbons (Fsp3) is 0.529. The third kappa shape index (κ3) is 4.15. The number of hydrogen-bond donors (Lipinski definition) is 0. The molecule has 1 atom stereocenters. The quantitative estimate of drug-likeness (QED) is 0.768. The Morgan fingerprint density at radius 3 is 2.96 bits per heavy atom. The average molecular weight is 312 g/mol. The maximum absolute atomic E-state index is 4.36. The van der Waals surface area contributed by atoms with Crippen LogP contribution in [0.2, 0.25) is 0 Å². The number of aromatic nitrogens is 5. The Hall–Kier alpha value is -2.24. The van der Waals surface area contributed by atoms with Crippen LogP contribution in [-0.4, -0.2) is 38.1 Å². The zero-order chi connectivity index (χ0) is 15.9. The van der Waals surface area contributed by atoms with Crippen molar-refractivity contribution in [3.8, 4) is 0 Å². The van der Waals surface area contributed by atoms with Crippen molar-refractivity contribution in [2.75, 3.05) is 18.0 Å². The van der Waals surface area contributed by atoms with Crippen molar-refractivity contribution in [3.63, 3.8) is 0 Å². The van der Waals surface area contributed by atoms with E-state index in [2.05, 4.69) is 50.5 Å². The highest BCUT2D eigenvalue weighted by molar-refractivity contribution is 5.29. The van der Waals surface area contributed by atoms with Gasteiger partial charge in [-0.15, -0.1) is 5.10 Å². The Morgan fingerprint density at radius 1 is 1.26 bits per heavy atom. The Bertz CT molecular complexity index is 621. The van der Waals surface area contributed by atoms with E-state index in [0.29, 0.717) is 6.04 Å². The molecule has 23 heavy (non-hydrogen) atoms. The fourth-order valence-electron chi connectivity index (χ4n) is 2.93. The summed E-state index contributed by atoms with van der Waals surface area (Å²) in [7, 11) is 0. The van der Waals surface area contributed by atoms with Crippen molar-refractivity contribution in [3.05, 3.63) is 42.5 Å². The second-order valence-electron chi connectivity index (χ2n) is 5.90. The van der Waals surface area contributed by atoms with E-state index in [-0.39, 0.29) is 0 Å². The van der Waals surface area contributed by atoms with Gasteiger partial charge in [0, 0.05) is 31.7 Å². The summed E-state index contributed by atoms with van der Waals surface area (Å²) in [5.74, 6) is 0.808. The molecule has 0 saturated carbocycles. The van der Waals surface area contributed by atoms with Gasteiger partial charge in [0.1, 0.15) is 0 Å². The molecule has 3 heterocycles. The Balaban J connectivity index is 1.60. The molecule has 6 heteroatoms. The van der Waals surface area contributed by atoms with E-state index in [1.807, 2.05) is 10.7 Å². The van der Waals surface area contributed by atoms with Crippen LogP contribution in [0.4, 0.5) is 5.95 Å². The van der Waals surface area contributed by atoms with Crippen LogP contribution >= 0.6 is 0 Å². The van der Waals surface area contributed by atoms with E-state index in [1.54, 1.807) is 12.4 Å². The topological polar surface area (TPSA) is 59.7 Å². The summed E-state index contributed by atoms with van der Waals surface area (Å²) in [4.78, 5) is 10.9. The molecule has 1 aliphatic heterocycles. The van der Waals surface area contributed by atoms with Gasteiger partial charge < -0.3 is 4.90 Å². The Labute approximate surface area is 137 Å². The first kappa shape index (κ1) is 15.6. The average Bonchev–Trinajstić information content (AvgIpc) is 3.09. The van der Waals surface area contributed by atoms with E-state index in [4.69, 9.17) is 0 Å². The van der Waals surface area contributed by atoms with Gasteiger partial charge in [-0.3, -0.25) is 0 Å². The van der Waals surface area contributed by atoms with Gasteiger partial charge in [-0.25, -0.2) is 14.6 Å². The van der Waals surface area contributed by atoms with Crippen LogP contribution in [0.25, 0.3) is 0 Å². The van der Waals surface area contributed by atoms with E-state index in [0.717, 1.165) is 56.8 Å². The van der Waals surface area contributed by atoms with Gasteiger partial charge in [0.2, 0.25) is 5.95 Å². The van der Waals surface area contributed by atoms with Crippen LogP contribution in [0, 0.1) is 0 Å². The van der Waals surface area contributed by atoms with Crippen molar-refractivity contribution in [2.45, 2.75) is 45.1 Å². The van der Waals surface area contributed by atoms with Crippen LogP contribution in [-0.2, 0) is 6.42 Å². The highest BCUT2D eigenvalue weighted by atomic mass is 15.4. The van der Waals surface area contributed by atoms with Gasteiger partial charge in [-0.1, -0.05) is 24.3 Å². The minimum atomic E-state index is 0.347. The molecule has 0 radical (unpaired) electrons. The van der Waals surface area contributed by atoms with Crippen molar-refractivity contribution < 1.29 is 0 Å². The van der Waals surface area contributed by atoms with Gasteiger partial charge in [-0.05, 0) is 38.2 Å². The zero-order valence-corrected chi connectivity index (χ0v) is 13.7. The lowest BCUT2D eigenvalue weighted by molar-refractivity contribution is 0.366. The largest absolute Gasteiger partial charge is 0.339 e. The minimum absolute atomic E-state index is 0.347. The van der Waals surface area contributed by atoms with Crippen molar-refractivity contribution in [1.29, 1.82) is 0 Å². The molecule has 3 rings (SSSR count). The molecule has 6 nitrogen and oxygen atoms in total. The molecule has 122 valence electrons. The first-order valence-corrected chi connectivity index (χ1v) is 8.44. The van der Waals surface area contributed by atoms with Crippen molar-refractivity contribution >= 4 is 5.95 Å². The normalized spacial score (nSPS) is 18.7. The summed E-state index contributed by atoms with van der Waals surface area (Å²) in [5, 5.41) is 8.66. The van der Waals surface area contributed by atoms with Crippen LogP contribution in [0.3, 0.4) is 0 Å². The number of hydrogen-bond acceptors (Lipinski definition) is 5.